The van der Waals surface area contributed by atoms with Crippen LogP contribution in [-0.4, -0.2) is 70.4 Å². The Balaban J connectivity index is 1.27. The number of unbranched alkanes of at least 4 members (excludes halogenated alkanes) is 3. The monoisotopic (exact) mass is 559 g/mol. The first-order valence-corrected chi connectivity index (χ1v) is 15.3. The van der Waals surface area contributed by atoms with E-state index in [1.807, 2.05) is 12.2 Å². The molecule has 0 aromatic rings. The number of amides is 3. The number of rotatable bonds is 14. The number of nitrogens with one attached hydrogen (secondary N) is 2. The first-order valence-electron chi connectivity index (χ1n) is 15.3. The van der Waals surface area contributed by atoms with E-state index in [2.05, 4.69) is 17.6 Å². The van der Waals surface area contributed by atoms with Crippen LogP contribution in [0.3, 0.4) is 0 Å². The molecule has 1 aliphatic heterocycles. The van der Waals surface area contributed by atoms with Crippen molar-refractivity contribution in [1.82, 2.24) is 15.5 Å². The number of Topliss-reactive ketones (excluding diaryl/α,β-unsaturated/α-hetero) is 1. The van der Waals surface area contributed by atoms with E-state index in [4.69, 9.17) is 4.74 Å². The number of allylic oxidation sites excluding steroid dienone is 1. The highest BCUT2D eigenvalue weighted by Gasteiger charge is 2.61. The fourth-order valence-electron chi connectivity index (χ4n) is 6.21. The zero-order valence-corrected chi connectivity index (χ0v) is 23.7. The number of hydrogen-bond acceptors (Lipinski definition) is 6. The standard InChI is InChI=1S/C30H45N3O7/c1-2-3-4-5-9-13-22-18-30(22,28(37)38)32-27(36)23-14-10-17-33(23)24(34)19-31-29(39)40-26(25(35)20-15-16-20)21-11-7-6-8-12-21/h9,13,20-23,26H,2-8,10-12,14-19H2,1H3,(H,31,39)(H,32,36)(H,37,38)/b13-9-/t22?,23-,26-,30+/m0/s1. The van der Waals surface area contributed by atoms with Gasteiger partial charge in [0.15, 0.2) is 11.9 Å². The Morgan fingerprint density at radius 3 is 2.45 bits per heavy atom. The van der Waals surface area contributed by atoms with E-state index in [1.54, 1.807) is 0 Å². The van der Waals surface area contributed by atoms with E-state index in [0.717, 1.165) is 70.6 Å². The summed E-state index contributed by atoms with van der Waals surface area (Å²) < 4.78 is 5.59. The van der Waals surface area contributed by atoms with E-state index in [1.165, 1.54) is 4.90 Å². The van der Waals surface area contributed by atoms with E-state index in [9.17, 15) is 29.1 Å². The third kappa shape index (κ3) is 7.43. The zero-order valence-electron chi connectivity index (χ0n) is 23.7. The second-order valence-electron chi connectivity index (χ2n) is 12.0. The number of ketones is 1. The van der Waals surface area contributed by atoms with Crippen LogP contribution in [0.25, 0.3) is 0 Å². The highest BCUT2D eigenvalue weighted by atomic mass is 16.6. The van der Waals surface area contributed by atoms with Crippen molar-refractivity contribution in [2.24, 2.45) is 17.8 Å². The van der Waals surface area contributed by atoms with Crippen molar-refractivity contribution < 1.29 is 33.8 Å². The number of carboxylic acid groups (broad SMARTS) is 1. The second kappa shape index (κ2) is 13.6. The number of hydrogen-bond donors (Lipinski definition) is 3. The molecule has 222 valence electrons. The number of nitrogens with zero attached hydrogens (tertiary/aromatic N) is 1. The summed E-state index contributed by atoms with van der Waals surface area (Å²) in [5.41, 5.74) is -1.33. The molecular weight excluding hydrogens is 514 g/mol. The van der Waals surface area contributed by atoms with Crippen molar-refractivity contribution in [2.45, 2.75) is 114 Å². The predicted molar refractivity (Wildman–Crippen MR) is 147 cm³/mol. The first-order chi connectivity index (χ1) is 19.3. The van der Waals surface area contributed by atoms with Gasteiger partial charge in [-0.3, -0.25) is 14.4 Å². The van der Waals surface area contributed by atoms with Crippen molar-refractivity contribution in [3.8, 4) is 0 Å². The van der Waals surface area contributed by atoms with Gasteiger partial charge < -0.3 is 25.4 Å². The maximum atomic E-state index is 13.1. The smallest absolute Gasteiger partial charge is 0.408 e. The quantitative estimate of drug-likeness (QED) is 0.217. The first kappa shape index (κ1) is 30.1. The van der Waals surface area contributed by atoms with Gasteiger partial charge in [0.2, 0.25) is 11.8 Å². The normalized spacial score (nSPS) is 27.3. The molecule has 1 heterocycles. The zero-order chi connectivity index (χ0) is 28.7. The van der Waals surface area contributed by atoms with Crippen LogP contribution in [-0.2, 0) is 23.9 Å². The molecule has 0 aromatic carbocycles. The molecule has 10 heteroatoms. The van der Waals surface area contributed by atoms with Gasteiger partial charge in [-0.1, -0.05) is 51.2 Å². The number of carbonyl (C=O) groups is 5. The van der Waals surface area contributed by atoms with Gasteiger partial charge in [0, 0.05) is 24.3 Å². The molecule has 0 bridgehead atoms. The molecule has 4 rings (SSSR count). The van der Waals surface area contributed by atoms with Crippen molar-refractivity contribution in [1.29, 1.82) is 0 Å². The highest BCUT2D eigenvalue weighted by molar-refractivity contribution is 5.95. The molecular formula is C30H45N3O7. The average Bonchev–Trinajstić information content (AvgIpc) is 3.86. The summed E-state index contributed by atoms with van der Waals surface area (Å²) in [6, 6.07) is -0.789. The number of ether oxygens (including phenoxy) is 1. The molecule has 10 nitrogen and oxygen atoms in total. The number of likely N-dealkylation sites (tertiary alicyclic amines) is 1. The summed E-state index contributed by atoms with van der Waals surface area (Å²) in [6.45, 7) is 2.12. The summed E-state index contributed by atoms with van der Waals surface area (Å²) in [7, 11) is 0. The lowest BCUT2D eigenvalue weighted by molar-refractivity contribution is -0.145. The Morgan fingerprint density at radius 2 is 1.77 bits per heavy atom. The fraction of sp³-hybridized carbons (Fsp3) is 0.767. The van der Waals surface area contributed by atoms with E-state index < -0.39 is 41.6 Å². The molecule has 0 aromatic heterocycles. The van der Waals surface area contributed by atoms with Crippen LogP contribution in [0.15, 0.2) is 12.2 Å². The van der Waals surface area contributed by atoms with Crippen LogP contribution in [0, 0.1) is 17.8 Å². The van der Waals surface area contributed by atoms with Gasteiger partial charge in [0.25, 0.3) is 0 Å². The minimum Gasteiger partial charge on any atom is -0.479 e. The minimum atomic E-state index is -1.33. The summed E-state index contributed by atoms with van der Waals surface area (Å²) in [5, 5.41) is 15.1. The van der Waals surface area contributed by atoms with Crippen LogP contribution in [0.4, 0.5) is 4.79 Å². The van der Waals surface area contributed by atoms with Crippen LogP contribution in [0.1, 0.15) is 96.8 Å². The van der Waals surface area contributed by atoms with Crippen LogP contribution >= 0.6 is 0 Å². The predicted octanol–water partition coefficient (Wildman–Crippen LogP) is 3.73. The second-order valence-corrected chi connectivity index (χ2v) is 12.0. The molecule has 0 radical (unpaired) electrons. The van der Waals surface area contributed by atoms with Gasteiger partial charge in [-0.25, -0.2) is 9.59 Å². The Kier molecular flexibility index (Phi) is 10.2. The maximum Gasteiger partial charge on any atom is 0.408 e. The van der Waals surface area contributed by atoms with E-state index >= 15 is 0 Å². The molecule has 3 N–H and O–H groups in total. The maximum absolute atomic E-state index is 13.1. The molecule has 3 saturated carbocycles. The minimum absolute atomic E-state index is 0.00815. The summed E-state index contributed by atoms with van der Waals surface area (Å²) in [5.74, 6) is -2.28. The average molecular weight is 560 g/mol. The van der Waals surface area contributed by atoms with Crippen molar-refractivity contribution in [3.63, 3.8) is 0 Å². The lowest BCUT2D eigenvalue weighted by Gasteiger charge is -2.29. The third-order valence-electron chi connectivity index (χ3n) is 8.92. The molecule has 3 aliphatic carbocycles. The molecule has 4 atom stereocenters. The van der Waals surface area contributed by atoms with Crippen LogP contribution in [0.5, 0.6) is 0 Å². The lowest BCUT2D eigenvalue weighted by Crippen LogP contribution is -2.54. The summed E-state index contributed by atoms with van der Waals surface area (Å²) in [6.07, 6.45) is 14.3. The Labute approximate surface area is 236 Å². The molecule has 40 heavy (non-hydrogen) atoms. The molecule has 0 spiro atoms. The number of carbonyl (C=O) groups excluding carboxylic acids is 4. The van der Waals surface area contributed by atoms with Gasteiger partial charge in [-0.05, 0) is 57.8 Å². The SMILES string of the molecule is CCCCC/C=C\C1C[C@]1(NC(=O)[C@@H]1CCCN1C(=O)CNC(=O)O[C@H](C(=O)C1CC1)C1CCCCC1)C(=O)O. The van der Waals surface area contributed by atoms with E-state index in [0.29, 0.717) is 25.8 Å². The Morgan fingerprint density at radius 1 is 1.02 bits per heavy atom. The Bertz CT molecular complexity index is 988. The number of alkyl carbamates (subject to hydrolysis) is 1. The topological polar surface area (TPSA) is 142 Å². The van der Waals surface area contributed by atoms with Crippen molar-refractivity contribution in [3.05, 3.63) is 12.2 Å². The molecule has 1 saturated heterocycles. The van der Waals surface area contributed by atoms with Crippen LogP contribution in [0.2, 0.25) is 0 Å². The van der Waals surface area contributed by atoms with Gasteiger partial charge in [-0.15, -0.1) is 0 Å². The summed E-state index contributed by atoms with van der Waals surface area (Å²) >= 11 is 0. The largest absolute Gasteiger partial charge is 0.479 e. The van der Waals surface area contributed by atoms with Crippen LogP contribution < -0.4 is 10.6 Å². The lowest BCUT2D eigenvalue weighted by atomic mass is 9.83. The third-order valence-corrected chi connectivity index (χ3v) is 8.92. The van der Waals surface area contributed by atoms with E-state index in [-0.39, 0.29) is 30.1 Å². The van der Waals surface area contributed by atoms with Crippen molar-refractivity contribution in [2.75, 3.05) is 13.1 Å². The summed E-state index contributed by atoms with van der Waals surface area (Å²) in [4.78, 5) is 65.0. The van der Waals surface area contributed by atoms with Gasteiger partial charge in [-0.2, -0.15) is 0 Å². The molecule has 4 fully saturated rings. The fourth-order valence-corrected chi connectivity index (χ4v) is 6.21. The highest BCUT2D eigenvalue weighted by Crippen LogP contribution is 2.45. The van der Waals surface area contributed by atoms with Gasteiger partial charge in [0.1, 0.15) is 18.1 Å². The Hall–Kier alpha value is -2.91. The molecule has 4 aliphatic rings. The van der Waals surface area contributed by atoms with Gasteiger partial charge in [0.05, 0.1) is 0 Å². The van der Waals surface area contributed by atoms with Gasteiger partial charge >= 0.3 is 12.1 Å². The number of aliphatic carboxylic acids is 1. The van der Waals surface area contributed by atoms with Crippen molar-refractivity contribution >= 4 is 29.7 Å². The molecule has 1 unspecified atom stereocenters. The molecule has 3 amide bonds. The number of carboxylic acids is 1.